The Hall–Kier alpha value is -0.870. The third-order valence-electron chi connectivity index (χ3n) is 3.64. The lowest BCUT2D eigenvalue weighted by molar-refractivity contribution is 0.565. The van der Waals surface area contributed by atoms with Crippen LogP contribution >= 0.6 is 0 Å². The van der Waals surface area contributed by atoms with E-state index in [1.165, 1.54) is 5.56 Å². The van der Waals surface area contributed by atoms with Crippen molar-refractivity contribution in [2.75, 3.05) is 12.8 Å². The first-order valence-electron chi connectivity index (χ1n) is 7.07. The second-order valence-electron chi connectivity index (χ2n) is 6.59. The molecule has 0 bridgehead atoms. The van der Waals surface area contributed by atoms with Gasteiger partial charge in [0.1, 0.15) is 0 Å². The van der Waals surface area contributed by atoms with E-state index in [9.17, 15) is 8.42 Å². The fraction of sp³-hybridized carbons (Fsp3) is 0.625. The summed E-state index contributed by atoms with van der Waals surface area (Å²) in [4.78, 5) is 0. The SMILES string of the molecule is CNC(CS(=O)(=O)C(C)C)c1ccc(C(C)(C)C)cc1. The quantitative estimate of drug-likeness (QED) is 0.908. The zero-order valence-corrected chi connectivity index (χ0v) is 14.2. The molecule has 0 aliphatic carbocycles. The molecule has 1 aromatic carbocycles. The highest BCUT2D eigenvalue weighted by Gasteiger charge is 2.23. The molecule has 1 atom stereocenters. The Morgan fingerprint density at radius 1 is 1.10 bits per heavy atom. The molecule has 4 heteroatoms. The molecule has 114 valence electrons. The van der Waals surface area contributed by atoms with Gasteiger partial charge in [-0.15, -0.1) is 0 Å². The number of nitrogens with one attached hydrogen (secondary N) is 1. The topological polar surface area (TPSA) is 46.2 Å². The van der Waals surface area contributed by atoms with Gasteiger partial charge < -0.3 is 5.32 Å². The molecule has 3 nitrogen and oxygen atoms in total. The number of hydrogen-bond acceptors (Lipinski definition) is 3. The van der Waals surface area contributed by atoms with E-state index in [1.54, 1.807) is 20.9 Å². The van der Waals surface area contributed by atoms with Crippen LogP contribution in [0.15, 0.2) is 24.3 Å². The van der Waals surface area contributed by atoms with E-state index in [0.29, 0.717) is 0 Å². The molecule has 1 unspecified atom stereocenters. The summed E-state index contributed by atoms with van der Waals surface area (Å²) in [6.45, 7) is 9.96. The van der Waals surface area contributed by atoms with E-state index >= 15 is 0 Å². The van der Waals surface area contributed by atoms with Crippen LogP contribution in [0.4, 0.5) is 0 Å². The van der Waals surface area contributed by atoms with Gasteiger partial charge in [-0.1, -0.05) is 45.0 Å². The molecular formula is C16H27NO2S. The molecule has 0 fully saturated rings. The summed E-state index contributed by atoms with van der Waals surface area (Å²) in [6.07, 6.45) is 0. The molecule has 0 aliphatic rings. The van der Waals surface area contributed by atoms with Crippen molar-refractivity contribution in [3.63, 3.8) is 0 Å². The highest BCUT2D eigenvalue weighted by atomic mass is 32.2. The van der Waals surface area contributed by atoms with E-state index in [0.717, 1.165) is 5.56 Å². The standard InChI is InChI=1S/C16H27NO2S/c1-12(2)20(18,19)11-15(17-6)13-7-9-14(10-8-13)16(3,4)5/h7-10,12,15,17H,11H2,1-6H3. The van der Waals surface area contributed by atoms with E-state index in [4.69, 9.17) is 0 Å². The zero-order valence-electron chi connectivity index (χ0n) is 13.4. The van der Waals surface area contributed by atoms with Gasteiger partial charge in [-0.25, -0.2) is 8.42 Å². The lowest BCUT2D eigenvalue weighted by Crippen LogP contribution is -2.29. The summed E-state index contributed by atoms with van der Waals surface area (Å²) in [6, 6.07) is 8.06. The molecule has 0 aliphatic heterocycles. The summed E-state index contributed by atoms with van der Waals surface area (Å²) in [5.41, 5.74) is 2.38. The van der Waals surface area contributed by atoms with Crippen LogP contribution in [0.5, 0.6) is 0 Å². The molecule has 1 N–H and O–H groups in total. The summed E-state index contributed by atoms with van der Waals surface area (Å²) < 4.78 is 24.1. The zero-order chi connectivity index (χ0) is 15.6. The molecule has 0 amide bonds. The second-order valence-corrected chi connectivity index (χ2v) is 9.19. The van der Waals surface area contributed by atoms with Crippen LogP contribution in [0.3, 0.4) is 0 Å². The van der Waals surface area contributed by atoms with Gasteiger partial charge in [0.05, 0.1) is 11.0 Å². The minimum atomic E-state index is -3.06. The number of sulfone groups is 1. The Morgan fingerprint density at radius 3 is 1.95 bits per heavy atom. The fourth-order valence-electron chi connectivity index (χ4n) is 1.99. The highest BCUT2D eigenvalue weighted by molar-refractivity contribution is 7.92. The number of rotatable bonds is 5. The predicted molar refractivity (Wildman–Crippen MR) is 85.9 cm³/mol. The van der Waals surface area contributed by atoms with Crippen molar-refractivity contribution < 1.29 is 8.42 Å². The first-order valence-corrected chi connectivity index (χ1v) is 8.78. The van der Waals surface area contributed by atoms with Crippen LogP contribution in [0.25, 0.3) is 0 Å². The molecule has 0 heterocycles. The van der Waals surface area contributed by atoms with Crippen LogP contribution < -0.4 is 5.32 Å². The minimum absolute atomic E-state index is 0.109. The Balaban J connectivity index is 2.97. The van der Waals surface area contributed by atoms with E-state index < -0.39 is 9.84 Å². The van der Waals surface area contributed by atoms with Crippen LogP contribution in [-0.2, 0) is 15.3 Å². The van der Waals surface area contributed by atoms with Crippen molar-refractivity contribution in [2.45, 2.75) is 51.3 Å². The number of benzene rings is 1. The van der Waals surface area contributed by atoms with E-state index in [2.05, 4.69) is 38.2 Å². The second kappa shape index (κ2) is 6.27. The van der Waals surface area contributed by atoms with Crippen molar-refractivity contribution in [1.82, 2.24) is 5.32 Å². The maximum atomic E-state index is 12.1. The van der Waals surface area contributed by atoms with Gasteiger partial charge in [0.2, 0.25) is 0 Å². The first-order chi connectivity index (χ1) is 9.08. The van der Waals surface area contributed by atoms with Crippen molar-refractivity contribution in [1.29, 1.82) is 0 Å². The Kier molecular flexibility index (Phi) is 5.39. The Bertz CT molecular complexity index is 525. The predicted octanol–water partition coefficient (Wildman–Crippen LogP) is 3.07. The van der Waals surface area contributed by atoms with Crippen molar-refractivity contribution in [2.24, 2.45) is 0 Å². The molecule has 0 saturated carbocycles. The maximum absolute atomic E-state index is 12.1. The normalized spacial score (nSPS) is 14.6. The van der Waals surface area contributed by atoms with E-state index in [-0.39, 0.29) is 22.5 Å². The van der Waals surface area contributed by atoms with Crippen LogP contribution in [-0.4, -0.2) is 26.5 Å². The smallest absolute Gasteiger partial charge is 0.154 e. The third kappa shape index (κ3) is 4.32. The summed E-state index contributed by atoms with van der Waals surface area (Å²) in [7, 11) is -1.25. The van der Waals surface area contributed by atoms with Gasteiger partial charge in [-0.3, -0.25) is 0 Å². The summed E-state index contributed by atoms with van der Waals surface area (Å²) >= 11 is 0. The van der Waals surface area contributed by atoms with Gasteiger partial charge in [0.25, 0.3) is 0 Å². The van der Waals surface area contributed by atoms with Gasteiger partial charge in [-0.05, 0) is 37.4 Å². The largest absolute Gasteiger partial charge is 0.312 e. The average Bonchev–Trinajstić information content (AvgIpc) is 2.35. The van der Waals surface area contributed by atoms with Crippen molar-refractivity contribution >= 4 is 9.84 Å². The van der Waals surface area contributed by atoms with Crippen LogP contribution in [0.2, 0.25) is 0 Å². The molecule has 0 spiro atoms. The van der Waals surface area contributed by atoms with Crippen molar-refractivity contribution in [3.8, 4) is 0 Å². The molecule has 20 heavy (non-hydrogen) atoms. The monoisotopic (exact) mass is 297 g/mol. The Morgan fingerprint density at radius 2 is 1.60 bits per heavy atom. The van der Waals surface area contributed by atoms with Crippen LogP contribution in [0, 0.1) is 0 Å². The highest BCUT2D eigenvalue weighted by Crippen LogP contribution is 2.24. The lowest BCUT2D eigenvalue weighted by atomic mass is 9.86. The fourth-order valence-corrected chi connectivity index (χ4v) is 3.20. The first kappa shape index (κ1) is 17.2. The van der Waals surface area contributed by atoms with Gasteiger partial charge in [0, 0.05) is 6.04 Å². The molecule has 1 aromatic rings. The van der Waals surface area contributed by atoms with Crippen LogP contribution in [0.1, 0.15) is 51.8 Å². The maximum Gasteiger partial charge on any atom is 0.154 e. The van der Waals surface area contributed by atoms with E-state index in [1.807, 2.05) is 12.1 Å². The molecule has 0 saturated heterocycles. The molecular weight excluding hydrogens is 270 g/mol. The Labute approximate surface area is 123 Å². The van der Waals surface area contributed by atoms with Gasteiger partial charge >= 0.3 is 0 Å². The van der Waals surface area contributed by atoms with Gasteiger partial charge in [-0.2, -0.15) is 0 Å². The van der Waals surface area contributed by atoms with Gasteiger partial charge in [0.15, 0.2) is 9.84 Å². The molecule has 1 rings (SSSR count). The molecule has 0 aromatic heterocycles. The number of hydrogen-bond donors (Lipinski definition) is 1. The summed E-state index contributed by atoms with van der Waals surface area (Å²) in [5, 5.41) is 2.77. The molecule has 0 radical (unpaired) electrons. The third-order valence-corrected chi connectivity index (χ3v) is 5.88. The average molecular weight is 297 g/mol. The summed E-state index contributed by atoms with van der Waals surface area (Å²) in [5.74, 6) is 0.135. The lowest BCUT2D eigenvalue weighted by Gasteiger charge is -2.22. The van der Waals surface area contributed by atoms with Crippen molar-refractivity contribution in [3.05, 3.63) is 35.4 Å². The minimum Gasteiger partial charge on any atom is -0.312 e.